The normalized spacial score (nSPS) is 15.2. The Hall–Kier alpha value is -2.75. The molecule has 9 nitrogen and oxygen atoms in total. The summed E-state index contributed by atoms with van der Waals surface area (Å²) < 4.78 is 15.2. The number of benzene rings is 1. The number of amides is 2. The summed E-state index contributed by atoms with van der Waals surface area (Å²) >= 11 is 0. The van der Waals surface area contributed by atoms with Crippen LogP contribution in [0, 0.1) is 0 Å². The molecular formula is C19H27BN4O5. The number of methoxy groups -OCH3 is 1. The van der Waals surface area contributed by atoms with E-state index in [1.165, 1.54) is 7.11 Å². The van der Waals surface area contributed by atoms with E-state index in [0.29, 0.717) is 12.0 Å². The summed E-state index contributed by atoms with van der Waals surface area (Å²) in [6.07, 6.45) is 0.509. The molecule has 156 valence electrons. The van der Waals surface area contributed by atoms with Crippen molar-refractivity contribution >= 4 is 30.6 Å². The number of nitrogens with one attached hydrogen (secondary N) is 2. The van der Waals surface area contributed by atoms with Gasteiger partial charge < -0.3 is 10.1 Å². The van der Waals surface area contributed by atoms with E-state index in [2.05, 4.69) is 25.2 Å². The van der Waals surface area contributed by atoms with E-state index in [0.717, 1.165) is 39.0 Å². The SMILES string of the molecule is COC(=O)C[C@@H](C)NC(=O)CNC(=O)c1cccc(N2CCN(CB=O)CC2)c1. The van der Waals surface area contributed by atoms with Crippen molar-refractivity contribution in [3.05, 3.63) is 29.8 Å². The molecule has 1 aliphatic rings. The topological polar surface area (TPSA) is 108 Å². The minimum atomic E-state index is -0.411. The van der Waals surface area contributed by atoms with Gasteiger partial charge in [0, 0.05) is 6.04 Å². The van der Waals surface area contributed by atoms with Crippen LogP contribution in [0.25, 0.3) is 0 Å². The Labute approximate surface area is 171 Å². The maximum absolute atomic E-state index is 12.4. The van der Waals surface area contributed by atoms with Gasteiger partial charge >= 0.3 is 124 Å². The Morgan fingerprint density at radius 2 is 1.93 bits per heavy atom. The summed E-state index contributed by atoms with van der Waals surface area (Å²) in [7, 11) is 2.20. The second-order valence-corrected chi connectivity index (χ2v) is 6.94. The van der Waals surface area contributed by atoms with E-state index in [4.69, 9.17) is 0 Å². The number of hydrogen-bond donors (Lipinski definition) is 2. The van der Waals surface area contributed by atoms with Gasteiger partial charge in [0.2, 0.25) is 0 Å². The molecule has 0 unspecified atom stereocenters. The number of carbonyl (C=O) groups is 3. The second kappa shape index (κ2) is 11.3. The molecule has 1 saturated heterocycles. The van der Waals surface area contributed by atoms with Crippen molar-refractivity contribution in [2.24, 2.45) is 0 Å². The summed E-state index contributed by atoms with van der Waals surface area (Å²) in [6, 6.07) is 6.85. The van der Waals surface area contributed by atoms with Crippen LogP contribution < -0.4 is 15.5 Å². The standard InChI is InChI=1S/C19H27BN4O5/c1-14(10-18(26)29-2)22-17(25)12-21-19(27)15-4-3-5-16(11-15)24-8-6-23(7-9-24)13-20-28/h3-5,11,14H,6-10,12-13H2,1-2H3,(H,21,27)(H,22,25)/t14-/m1/s1. The third-order valence-electron chi connectivity index (χ3n) is 4.70. The van der Waals surface area contributed by atoms with Gasteiger partial charge in [0.05, 0.1) is 13.5 Å². The molecule has 0 saturated carbocycles. The molecule has 1 heterocycles. The summed E-state index contributed by atoms with van der Waals surface area (Å²) in [4.78, 5) is 39.8. The van der Waals surface area contributed by atoms with Gasteiger partial charge in [-0.3, -0.25) is 9.59 Å². The van der Waals surface area contributed by atoms with Crippen LogP contribution in [-0.4, -0.2) is 82.2 Å². The van der Waals surface area contributed by atoms with Crippen LogP contribution in [-0.2, 0) is 19.0 Å². The molecule has 1 aromatic rings. The first-order valence-corrected chi connectivity index (χ1v) is 9.58. The fourth-order valence-electron chi connectivity index (χ4n) is 3.11. The zero-order valence-corrected chi connectivity index (χ0v) is 16.8. The van der Waals surface area contributed by atoms with E-state index in [1.54, 1.807) is 25.1 Å². The molecule has 1 aliphatic heterocycles. The van der Waals surface area contributed by atoms with Crippen LogP contribution in [0.5, 0.6) is 0 Å². The number of hydrogen-bond acceptors (Lipinski definition) is 7. The number of anilines is 1. The van der Waals surface area contributed by atoms with Crippen LogP contribution in [0.15, 0.2) is 24.3 Å². The van der Waals surface area contributed by atoms with Crippen LogP contribution >= 0.6 is 0 Å². The fraction of sp³-hybridized carbons (Fsp3) is 0.526. The number of ether oxygens (including phenoxy) is 1. The van der Waals surface area contributed by atoms with Crippen molar-refractivity contribution in [1.82, 2.24) is 15.5 Å². The number of piperazine rings is 1. The van der Waals surface area contributed by atoms with Crippen molar-refractivity contribution < 1.29 is 23.8 Å². The maximum atomic E-state index is 12.4. The molecule has 1 aromatic carbocycles. The van der Waals surface area contributed by atoms with E-state index >= 15 is 0 Å². The van der Waals surface area contributed by atoms with Gasteiger partial charge in [-0.25, -0.2) is 0 Å². The number of rotatable bonds is 9. The molecule has 1 atom stereocenters. The number of carbonyl (C=O) groups excluding carboxylic acids is 3. The molecule has 0 radical (unpaired) electrons. The van der Waals surface area contributed by atoms with Crippen molar-refractivity contribution in [1.29, 1.82) is 0 Å². The predicted molar refractivity (Wildman–Crippen MR) is 108 cm³/mol. The van der Waals surface area contributed by atoms with E-state index in [9.17, 15) is 19.1 Å². The molecule has 2 amide bonds. The zero-order chi connectivity index (χ0) is 21.2. The fourth-order valence-corrected chi connectivity index (χ4v) is 3.11. The first-order chi connectivity index (χ1) is 13.9. The second-order valence-electron chi connectivity index (χ2n) is 6.94. The van der Waals surface area contributed by atoms with Gasteiger partial charge in [0.15, 0.2) is 0 Å². The van der Waals surface area contributed by atoms with E-state index < -0.39 is 5.97 Å². The van der Waals surface area contributed by atoms with Crippen molar-refractivity contribution in [2.45, 2.75) is 19.4 Å². The number of esters is 1. The molecule has 0 spiro atoms. The van der Waals surface area contributed by atoms with Crippen molar-refractivity contribution in [3.63, 3.8) is 0 Å². The molecule has 0 aliphatic carbocycles. The third kappa shape index (κ3) is 7.30. The summed E-state index contributed by atoms with van der Waals surface area (Å²) in [5.74, 6) is -1.13. The quantitative estimate of drug-likeness (QED) is 0.428. The molecular weight excluding hydrogens is 375 g/mol. The van der Waals surface area contributed by atoms with E-state index in [-0.39, 0.29) is 30.8 Å². The van der Waals surface area contributed by atoms with Gasteiger partial charge in [-0.1, -0.05) is 0 Å². The monoisotopic (exact) mass is 402 g/mol. The Bertz CT molecular complexity index is 737. The van der Waals surface area contributed by atoms with Crippen LogP contribution in [0.1, 0.15) is 23.7 Å². The van der Waals surface area contributed by atoms with E-state index in [1.807, 2.05) is 6.07 Å². The van der Waals surface area contributed by atoms with Gasteiger partial charge in [0.1, 0.15) is 0 Å². The van der Waals surface area contributed by atoms with Gasteiger partial charge in [-0.15, -0.1) is 0 Å². The Morgan fingerprint density at radius 1 is 1.21 bits per heavy atom. The average molecular weight is 402 g/mol. The Balaban J connectivity index is 1.84. The molecule has 1 fully saturated rings. The molecule has 10 heteroatoms. The zero-order valence-electron chi connectivity index (χ0n) is 16.8. The average Bonchev–Trinajstić information content (AvgIpc) is 2.72. The number of nitrogens with zero attached hydrogens (tertiary/aromatic N) is 2. The predicted octanol–water partition coefficient (Wildman–Crippen LogP) is -0.387. The molecule has 0 bridgehead atoms. The van der Waals surface area contributed by atoms with Crippen molar-refractivity contribution in [2.75, 3.05) is 51.2 Å². The summed E-state index contributed by atoms with van der Waals surface area (Å²) in [6.45, 7) is 4.64. The van der Waals surface area contributed by atoms with Gasteiger partial charge in [-0.05, 0) is 6.92 Å². The molecule has 29 heavy (non-hydrogen) atoms. The Kier molecular flexibility index (Phi) is 8.79. The molecule has 0 aromatic heterocycles. The molecule has 2 N–H and O–H groups in total. The van der Waals surface area contributed by atoms with Gasteiger partial charge in [-0.2, -0.15) is 0 Å². The van der Waals surface area contributed by atoms with Crippen LogP contribution in [0.2, 0.25) is 0 Å². The molecule has 2 rings (SSSR count). The minimum absolute atomic E-state index is 0.0678. The van der Waals surface area contributed by atoms with Crippen LogP contribution in [0.4, 0.5) is 5.69 Å². The summed E-state index contributed by atoms with van der Waals surface area (Å²) in [5, 5.41) is 5.23. The summed E-state index contributed by atoms with van der Waals surface area (Å²) in [5.41, 5.74) is 1.40. The third-order valence-corrected chi connectivity index (χ3v) is 4.70. The van der Waals surface area contributed by atoms with Crippen molar-refractivity contribution in [3.8, 4) is 0 Å². The first-order valence-electron chi connectivity index (χ1n) is 9.58. The van der Waals surface area contributed by atoms with Crippen LogP contribution in [0.3, 0.4) is 0 Å². The first kappa shape index (κ1) is 22.5. The van der Waals surface area contributed by atoms with Gasteiger partial charge in [0.25, 0.3) is 0 Å². The Morgan fingerprint density at radius 3 is 2.59 bits per heavy atom.